The molecule has 0 radical (unpaired) electrons. The van der Waals surface area contributed by atoms with Gasteiger partial charge in [0.25, 0.3) is 11.6 Å². The van der Waals surface area contributed by atoms with Gasteiger partial charge in [-0.15, -0.1) is 0 Å². The molecule has 0 aliphatic carbocycles. The van der Waals surface area contributed by atoms with E-state index in [2.05, 4.69) is 5.10 Å². The number of nitro groups is 1. The third-order valence-electron chi connectivity index (χ3n) is 4.13. The smallest absolute Gasteiger partial charge is 0.294 e. The van der Waals surface area contributed by atoms with Gasteiger partial charge in [0.05, 0.1) is 4.92 Å². The van der Waals surface area contributed by atoms with Gasteiger partial charge in [0.15, 0.2) is 5.69 Å². The van der Waals surface area contributed by atoms with E-state index in [9.17, 15) is 14.9 Å². The van der Waals surface area contributed by atoms with Crippen molar-refractivity contribution < 1.29 is 9.72 Å². The molecule has 1 atom stereocenters. The number of para-hydroxylation sites is 2. The van der Waals surface area contributed by atoms with E-state index in [4.69, 9.17) is 0 Å². The number of hydrogen-bond donors (Lipinski definition) is 0. The zero-order valence-corrected chi connectivity index (χ0v) is 14.1. The van der Waals surface area contributed by atoms with Crippen LogP contribution >= 0.6 is 11.8 Å². The van der Waals surface area contributed by atoms with Gasteiger partial charge < -0.3 is 4.90 Å². The Morgan fingerprint density at radius 2 is 2.21 bits per heavy atom. The predicted molar refractivity (Wildman–Crippen MR) is 92.7 cm³/mol. The zero-order chi connectivity index (χ0) is 17.1. The van der Waals surface area contributed by atoms with Crippen LogP contribution in [0.1, 0.15) is 23.3 Å². The van der Waals surface area contributed by atoms with Gasteiger partial charge in [0.1, 0.15) is 5.69 Å². The summed E-state index contributed by atoms with van der Waals surface area (Å²) in [5.41, 5.74) is 0.630. The number of nitro benzene ring substituents is 1. The average Bonchev–Trinajstić information content (AvgIpc) is 3.24. The molecule has 0 saturated carbocycles. The van der Waals surface area contributed by atoms with Crippen molar-refractivity contribution >= 4 is 23.4 Å². The predicted octanol–water partition coefficient (Wildman–Crippen LogP) is 2.75. The number of nitrogens with zero attached hydrogens (tertiary/aromatic N) is 4. The number of benzene rings is 1. The molecule has 0 unspecified atom stereocenters. The summed E-state index contributed by atoms with van der Waals surface area (Å²) in [6, 6.07) is 8.21. The van der Waals surface area contributed by atoms with E-state index in [1.165, 1.54) is 10.7 Å². The SMILES string of the molecule is CSC[C@H]1CCCN1C(=O)c1ccn(-c2ccccc2[N+](=O)[O-])n1. The second-order valence-electron chi connectivity index (χ2n) is 5.64. The van der Waals surface area contributed by atoms with Crippen molar-refractivity contribution in [2.75, 3.05) is 18.6 Å². The highest BCUT2D eigenvalue weighted by Gasteiger charge is 2.30. The molecule has 0 spiro atoms. The van der Waals surface area contributed by atoms with Gasteiger partial charge in [-0.3, -0.25) is 14.9 Å². The van der Waals surface area contributed by atoms with Crippen molar-refractivity contribution in [2.24, 2.45) is 0 Å². The van der Waals surface area contributed by atoms with Crippen LogP contribution in [-0.2, 0) is 0 Å². The maximum Gasteiger partial charge on any atom is 0.294 e. The largest absolute Gasteiger partial charge is 0.333 e. The van der Waals surface area contributed by atoms with Crippen LogP contribution in [0.3, 0.4) is 0 Å². The average molecular weight is 346 g/mol. The van der Waals surface area contributed by atoms with E-state index in [-0.39, 0.29) is 17.6 Å². The molecule has 2 aromatic rings. The molecule has 3 rings (SSSR count). The van der Waals surface area contributed by atoms with Crippen molar-refractivity contribution in [1.82, 2.24) is 14.7 Å². The summed E-state index contributed by atoms with van der Waals surface area (Å²) in [6.45, 7) is 0.738. The minimum Gasteiger partial charge on any atom is -0.333 e. The number of amides is 1. The topological polar surface area (TPSA) is 81.3 Å². The zero-order valence-electron chi connectivity index (χ0n) is 13.3. The van der Waals surface area contributed by atoms with Gasteiger partial charge in [0, 0.05) is 30.6 Å². The molecule has 2 heterocycles. The summed E-state index contributed by atoms with van der Waals surface area (Å²) in [4.78, 5) is 25.3. The monoisotopic (exact) mass is 346 g/mol. The van der Waals surface area contributed by atoms with Crippen molar-refractivity contribution in [3.05, 3.63) is 52.3 Å². The Balaban J connectivity index is 1.86. The number of carbonyl (C=O) groups excluding carboxylic acids is 1. The number of aromatic nitrogens is 2. The maximum absolute atomic E-state index is 12.7. The first-order valence-corrected chi connectivity index (χ1v) is 9.10. The Morgan fingerprint density at radius 1 is 1.42 bits per heavy atom. The van der Waals surface area contributed by atoms with Crippen LogP contribution in [0.5, 0.6) is 0 Å². The van der Waals surface area contributed by atoms with Gasteiger partial charge in [-0.05, 0) is 31.2 Å². The lowest BCUT2D eigenvalue weighted by molar-refractivity contribution is -0.384. The number of likely N-dealkylation sites (tertiary alicyclic amines) is 1. The highest BCUT2D eigenvalue weighted by molar-refractivity contribution is 7.98. The molecule has 1 saturated heterocycles. The molecule has 1 aliphatic rings. The van der Waals surface area contributed by atoms with Crippen LogP contribution in [-0.4, -0.2) is 50.1 Å². The van der Waals surface area contributed by atoms with Crippen LogP contribution in [0.4, 0.5) is 5.69 Å². The minimum absolute atomic E-state index is 0.0407. The summed E-state index contributed by atoms with van der Waals surface area (Å²) in [7, 11) is 0. The molecule has 8 heteroatoms. The van der Waals surface area contributed by atoms with Crippen molar-refractivity contribution in [2.45, 2.75) is 18.9 Å². The second kappa shape index (κ2) is 7.04. The van der Waals surface area contributed by atoms with Crippen LogP contribution in [0.2, 0.25) is 0 Å². The summed E-state index contributed by atoms with van der Waals surface area (Å²) < 4.78 is 1.39. The Bertz CT molecular complexity index is 761. The molecule has 126 valence electrons. The third kappa shape index (κ3) is 3.14. The maximum atomic E-state index is 12.7. The number of thioether (sulfide) groups is 1. The van der Waals surface area contributed by atoms with Crippen LogP contribution in [0, 0.1) is 10.1 Å². The molecule has 1 amide bonds. The molecule has 1 aromatic carbocycles. The fraction of sp³-hybridized carbons (Fsp3) is 0.375. The molecule has 24 heavy (non-hydrogen) atoms. The number of rotatable bonds is 5. The molecule has 0 N–H and O–H groups in total. The first-order chi connectivity index (χ1) is 11.6. The Hall–Kier alpha value is -2.35. The van der Waals surface area contributed by atoms with Crippen molar-refractivity contribution in [3.8, 4) is 5.69 Å². The summed E-state index contributed by atoms with van der Waals surface area (Å²) >= 11 is 1.73. The normalized spacial score (nSPS) is 17.2. The minimum atomic E-state index is -0.451. The number of carbonyl (C=O) groups is 1. The van der Waals surface area contributed by atoms with Crippen LogP contribution in [0.25, 0.3) is 5.69 Å². The molecule has 1 aliphatic heterocycles. The van der Waals surface area contributed by atoms with Crippen molar-refractivity contribution in [1.29, 1.82) is 0 Å². The van der Waals surface area contributed by atoms with Crippen LogP contribution in [0.15, 0.2) is 36.5 Å². The fourth-order valence-corrected chi connectivity index (χ4v) is 3.73. The standard InChI is InChI=1S/C16H18N4O3S/c1-24-11-12-5-4-9-18(12)16(21)13-8-10-19(17-13)14-6-2-3-7-15(14)20(22)23/h2-3,6-8,10,12H,4-5,9,11H2,1H3/t12-/m1/s1. The molecule has 1 fully saturated rings. The molecule has 1 aromatic heterocycles. The van der Waals surface area contributed by atoms with E-state index < -0.39 is 4.92 Å². The van der Waals surface area contributed by atoms with E-state index in [1.807, 2.05) is 11.2 Å². The van der Waals surface area contributed by atoms with E-state index in [0.717, 1.165) is 25.1 Å². The lowest BCUT2D eigenvalue weighted by atomic mass is 10.2. The third-order valence-corrected chi connectivity index (χ3v) is 4.85. The first kappa shape index (κ1) is 16.5. The van der Waals surface area contributed by atoms with Crippen molar-refractivity contribution in [3.63, 3.8) is 0 Å². The van der Waals surface area contributed by atoms with Gasteiger partial charge in [-0.2, -0.15) is 16.9 Å². The van der Waals surface area contributed by atoms with Gasteiger partial charge in [-0.25, -0.2) is 4.68 Å². The summed E-state index contributed by atoms with van der Waals surface area (Å²) in [5, 5.41) is 15.4. The van der Waals surface area contributed by atoms with Gasteiger partial charge in [-0.1, -0.05) is 12.1 Å². The molecular weight excluding hydrogens is 328 g/mol. The Kier molecular flexibility index (Phi) is 4.84. The quantitative estimate of drug-likeness (QED) is 0.614. The molecule has 0 bridgehead atoms. The molecular formula is C16H18N4O3S. The summed E-state index contributed by atoms with van der Waals surface area (Å²) in [6.07, 6.45) is 5.64. The van der Waals surface area contributed by atoms with Gasteiger partial charge in [0.2, 0.25) is 0 Å². The van der Waals surface area contributed by atoms with Gasteiger partial charge >= 0.3 is 0 Å². The Labute approximate surface area is 143 Å². The van der Waals surface area contributed by atoms with E-state index in [0.29, 0.717) is 11.4 Å². The second-order valence-corrected chi connectivity index (χ2v) is 6.55. The first-order valence-electron chi connectivity index (χ1n) is 7.71. The fourth-order valence-electron chi connectivity index (χ4n) is 3.00. The summed E-state index contributed by atoms with van der Waals surface area (Å²) in [5.74, 6) is 0.806. The van der Waals surface area contributed by atoms with E-state index in [1.54, 1.807) is 42.2 Å². The van der Waals surface area contributed by atoms with E-state index >= 15 is 0 Å². The highest BCUT2D eigenvalue weighted by Crippen LogP contribution is 2.24. The molecule has 7 nitrogen and oxygen atoms in total. The lowest BCUT2D eigenvalue weighted by Crippen LogP contribution is -2.37. The Morgan fingerprint density at radius 3 is 2.96 bits per heavy atom. The number of hydrogen-bond acceptors (Lipinski definition) is 5. The highest BCUT2D eigenvalue weighted by atomic mass is 32.2. The van der Waals surface area contributed by atoms with Crippen LogP contribution < -0.4 is 0 Å². The lowest BCUT2D eigenvalue weighted by Gasteiger charge is -2.23.